The highest BCUT2D eigenvalue weighted by atomic mass is 16.5. The lowest BCUT2D eigenvalue weighted by atomic mass is 10.1. The monoisotopic (exact) mass is 288 g/mol. The van der Waals surface area contributed by atoms with Gasteiger partial charge in [-0.05, 0) is 36.8 Å². The number of rotatable bonds is 6. The van der Waals surface area contributed by atoms with E-state index in [2.05, 4.69) is 0 Å². The lowest BCUT2D eigenvalue weighted by molar-refractivity contribution is 0.198. The number of hydrogen-bond acceptors (Lipinski definition) is 4. The molecule has 4 nitrogen and oxygen atoms in total. The Labute approximate surface area is 124 Å². The first-order valence-electron chi connectivity index (χ1n) is 6.76. The third kappa shape index (κ3) is 3.67. The van der Waals surface area contributed by atoms with Crippen molar-refractivity contribution in [3.63, 3.8) is 0 Å². The second-order valence-electron chi connectivity index (χ2n) is 4.69. The molecule has 1 atom stereocenters. The van der Waals surface area contributed by atoms with Crippen LogP contribution in [-0.2, 0) is 6.61 Å². The molecule has 1 unspecified atom stereocenters. The highest BCUT2D eigenvalue weighted by Crippen LogP contribution is 2.29. The van der Waals surface area contributed by atoms with Gasteiger partial charge in [0, 0.05) is 5.56 Å². The molecule has 0 spiro atoms. The van der Waals surface area contributed by atoms with Crippen molar-refractivity contribution in [2.24, 2.45) is 0 Å². The SMILES string of the molecule is COc1ccc(C(C)O)cc1COc1ccccc1OC. The zero-order valence-corrected chi connectivity index (χ0v) is 12.5. The summed E-state index contributed by atoms with van der Waals surface area (Å²) in [5.74, 6) is 2.09. The molecule has 0 heterocycles. The first-order valence-corrected chi connectivity index (χ1v) is 6.76. The first kappa shape index (κ1) is 15.2. The van der Waals surface area contributed by atoms with E-state index in [-0.39, 0.29) is 0 Å². The minimum Gasteiger partial charge on any atom is -0.496 e. The Kier molecular flexibility index (Phi) is 5.06. The number of para-hydroxylation sites is 2. The molecule has 0 aliphatic heterocycles. The number of ether oxygens (including phenoxy) is 3. The molecule has 0 aliphatic rings. The van der Waals surface area contributed by atoms with Gasteiger partial charge in [-0.3, -0.25) is 0 Å². The topological polar surface area (TPSA) is 47.9 Å². The van der Waals surface area contributed by atoms with Gasteiger partial charge in [0.05, 0.1) is 20.3 Å². The average molecular weight is 288 g/mol. The fourth-order valence-electron chi connectivity index (χ4n) is 2.06. The van der Waals surface area contributed by atoms with E-state index < -0.39 is 6.10 Å². The third-order valence-electron chi connectivity index (χ3n) is 3.24. The molecule has 0 saturated heterocycles. The summed E-state index contributed by atoms with van der Waals surface area (Å²) >= 11 is 0. The van der Waals surface area contributed by atoms with E-state index in [1.54, 1.807) is 21.1 Å². The summed E-state index contributed by atoms with van der Waals surface area (Å²) in [5.41, 5.74) is 1.70. The molecule has 2 rings (SSSR count). The van der Waals surface area contributed by atoms with E-state index in [0.717, 1.165) is 16.9 Å². The fourth-order valence-corrected chi connectivity index (χ4v) is 2.06. The van der Waals surface area contributed by atoms with Gasteiger partial charge in [-0.2, -0.15) is 0 Å². The van der Waals surface area contributed by atoms with E-state index >= 15 is 0 Å². The third-order valence-corrected chi connectivity index (χ3v) is 3.24. The maximum Gasteiger partial charge on any atom is 0.161 e. The van der Waals surface area contributed by atoms with Crippen LogP contribution in [0.2, 0.25) is 0 Å². The van der Waals surface area contributed by atoms with Crippen LogP contribution in [0.1, 0.15) is 24.2 Å². The summed E-state index contributed by atoms with van der Waals surface area (Å²) in [7, 11) is 3.22. The van der Waals surface area contributed by atoms with Crippen molar-refractivity contribution < 1.29 is 19.3 Å². The summed E-state index contributed by atoms with van der Waals surface area (Å²) in [6.45, 7) is 2.07. The van der Waals surface area contributed by atoms with Crippen LogP contribution in [0.3, 0.4) is 0 Å². The molecule has 0 aromatic heterocycles. The molecule has 0 fully saturated rings. The van der Waals surface area contributed by atoms with Crippen molar-refractivity contribution in [1.82, 2.24) is 0 Å². The molecule has 21 heavy (non-hydrogen) atoms. The minimum absolute atomic E-state index is 0.337. The highest BCUT2D eigenvalue weighted by molar-refractivity contribution is 5.41. The number of benzene rings is 2. The van der Waals surface area contributed by atoms with Crippen LogP contribution < -0.4 is 14.2 Å². The molecule has 4 heteroatoms. The van der Waals surface area contributed by atoms with Gasteiger partial charge < -0.3 is 19.3 Å². The smallest absolute Gasteiger partial charge is 0.161 e. The summed E-state index contributed by atoms with van der Waals surface area (Å²) in [5, 5.41) is 9.68. The van der Waals surface area contributed by atoms with Crippen molar-refractivity contribution in [2.45, 2.75) is 19.6 Å². The Hall–Kier alpha value is -2.20. The summed E-state index contributed by atoms with van der Waals surface area (Å²) in [4.78, 5) is 0. The van der Waals surface area contributed by atoms with Crippen LogP contribution in [0.15, 0.2) is 42.5 Å². The predicted octanol–water partition coefficient (Wildman–Crippen LogP) is 3.34. The van der Waals surface area contributed by atoms with Gasteiger partial charge in [0.25, 0.3) is 0 Å². The molecule has 0 bridgehead atoms. The molecule has 0 aliphatic carbocycles. The van der Waals surface area contributed by atoms with Crippen molar-refractivity contribution in [2.75, 3.05) is 14.2 Å². The van der Waals surface area contributed by atoms with E-state index in [1.807, 2.05) is 42.5 Å². The van der Waals surface area contributed by atoms with E-state index in [0.29, 0.717) is 18.1 Å². The normalized spacial score (nSPS) is 11.8. The predicted molar refractivity (Wildman–Crippen MR) is 81.0 cm³/mol. The van der Waals surface area contributed by atoms with Crippen LogP contribution in [0.4, 0.5) is 0 Å². The Morgan fingerprint density at radius 1 is 0.952 bits per heavy atom. The number of hydrogen-bond donors (Lipinski definition) is 1. The molecule has 112 valence electrons. The van der Waals surface area contributed by atoms with Gasteiger partial charge in [0.1, 0.15) is 12.4 Å². The standard InChI is InChI=1S/C17H20O4/c1-12(18)13-8-9-15(19-2)14(10-13)11-21-17-7-5-4-6-16(17)20-3/h4-10,12,18H,11H2,1-3H3. The quantitative estimate of drug-likeness (QED) is 0.885. The molecule has 1 N–H and O–H groups in total. The van der Waals surface area contributed by atoms with Crippen LogP contribution >= 0.6 is 0 Å². The maximum absolute atomic E-state index is 9.68. The Morgan fingerprint density at radius 3 is 2.24 bits per heavy atom. The molecular weight excluding hydrogens is 268 g/mol. The number of aliphatic hydroxyl groups is 1. The maximum atomic E-state index is 9.68. The van der Waals surface area contributed by atoms with Crippen LogP contribution in [0.25, 0.3) is 0 Å². The van der Waals surface area contributed by atoms with Crippen LogP contribution in [0.5, 0.6) is 17.2 Å². The summed E-state index contributed by atoms with van der Waals surface area (Å²) in [6.07, 6.45) is -0.527. The van der Waals surface area contributed by atoms with Gasteiger partial charge in [-0.15, -0.1) is 0 Å². The minimum atomic E-state index is -0.527. The van der Waals surface area contributed by atoms with Crippen molar-refractivity contribution >= 4 is 0 Å². The molecule has 2 aromatic carbocycles. The second-order valence-corrected chi connectivity index (χ2v) is 4.69. The zero-order valence-electron chi connectivity index (χ0n) is 12.5. The van der Waals surface area contributed by atoms with Crippen molar-refractivity contribution in [1.29, 1.82) is 0 Å². The molecule has 0 radical (unpaired) electrons. The number of aliphatic hydroxyl groups excluding tert-OH is 1. The lowest BCUT2D eigenvalue weighted by Crippen LogP contribution is -2.02. The van der Waals surface area contributed by atoms with Crippen LogP contribution in [-0.4, -0.2) is 19.3 Å². The Bertz CT molecular complexity index is 593. The molecule has 0 saturated carbocycles. The van der Waals surface area contributed by atoms with Gasteiger partial charge in [0.2, 0.25) is 0 Å². The largest absolute Gasteiger partial charge is 0.496 e. The van der Waals surface area contributed by atoms with Gasteiger partial charge in [-0.25, -0.2) is 0 Å². The Morgan fingerprint density at radius 2 is 1.62 bits per heavy atom. The van der Waals surface area contributed by atoms with Crippen molar-refractivity contribution in [3.05, 3.63) is 53.6 Å². The molecule has 0 amide bonds. The summed E-state index contributed by atoms with van der Waals surface area (Å²) < 4.78 is 16.4. The average Bonchev–Trinajstić information content (AvgIpc) is 2.52. The Balaban J connectivity index is 2.20. The first-order chi connectivity index (χ1) is 10.2. The second kappa shape index (κ2) is 6.99. The van der Waals surface area contributed by atoms with Gasteiger partial charge >= 0.3 is 0 Å². The van der Waals surface area contributed by atoms with E-state index in [4.69, 9.17) is 14.2 Å². The molecule has 2 aromatic rings. The molecular formula is C17H20O4. The zero-order chi connectivity index (χ0) is 15.2. The number of methoxy groups -OCH3 is 2. The van der Waals surface area contributed by atoms with Crippen LogP contribution in [0, 0.1) is 0 Å². The lowest BCUT2D eigenvalue weighted by Gasteiger charge is -2.14. The van der Waals surface area contributed by atoms with Gasteiger partial charge in [-0.1, -0.05) is 18.2 Å². The fraction of sp³-hybridized carbons (Fsp3) is 0.294. The van der Waals surface area contributed by atoms with E-state index in [9.17, 15) is 5.11 Å². The van der Waals surface area contributed by atoms with Crippen molar-refractivity contribution in [3.8, 4) is 17.2 Å². The highest BCUT2D eigenvalue weighted by Gasteiger charge is 2.10. The van der Waals surface area contributed by atoms with E-state index in [1.165, 1.54) is 0 Å². The summed E-state index contributed by atoms with van der Waals surface area (Å²) in [6, 6.07) is 13.0. The van der Waals surface area contributed by atoms with Gasteiger partial charge in [0.15, 0.2) is 11.5 Å².